The van der Waals surface area contributed by atoms with Gasteiger partial charge in [-0.2, -0.15) is 0 Å². The van der Waals surface area contributed by atoms with Crippen molar-refractivity contribution in [3.63, 3.8) is 0 Å². The summed E-state index contributed by atoms with van der Waals surface area (Å²) in [5.74, 6) is 0. The molecule has 2 nitrogen and oxygen atoms in total. The van der Waals surface area contributed by atoms with Gasteiger partial charge in [0.2, 0.25) is 0 Å². The summed E-state index contributed by atoms with van der Waals surface area (Å²) < 4.78 is 5.99. The predicted molar refractivity (Wildman–Crippen MR) is 83.6 cm³/mol. The summed E-state index contributed by atoms with van der Waals surface area (Å²) in [6, 6.07) is 9.54. The molecular weight excluding hydrogens is 248 g/mol. The minimum absolute atomic E-state index is 0.507. The Labute approximate surface area is 122 Å². The second-order valence-electron chi connectivity index (χ2n) is 5.42. The zero-order valence-electron chi connectivity index (χ0n) is 12.6. The molecule has 0 aliphatic rings. The third kappa shape index (κ3) is 5.14. The molecule has 0 N–H and O–H groups in total. The van der Waals surface area contributed by atoms with Gasteiger partial charge in [-0.25, -0.2) is 0 Å². The normalized spacial score (nSPS) is 14.9. The van der Waals surface area contributed by atoms with Crippen molar-refractivity contribution in [2.24, 2.45) is 0 Å². The lowest BCUT2D eigenvalue weighted by Gasteiger charge is -2.29. The molecule has 0 aliphatic heterocycles. The van der Waals surface area contributed by atoms with Gasteiger partial charge in [0.05, 0.1) is 5.60 Å². The Morgan fingerprint density at radius 2 is 2.00 bits per heavy atom. The Morgan fingerprint density at radius 1 is 1.35 bits per heavy atom. The van der Waals surface area contributed by atoms with Crippen LogP contribution in [-0.4, -0.2) is 11.9 Å². The number of hydrogen-bond donors (Lipinski definition) is 0. The van der Waals surface area contributed by atoms with E-state index in [0.717, 1.165) is 24.7 Å². The van der Waals surface area contributed by atoms with Crippen molar-refractivity contribution in [2.45, 2.75) is 45.3 Å². The highest BCUT2D eigenvalue weighted by molar-refractivity contribution is 5.60. The number of carbonyl (C=O) groups is 1. The fourth-order valence-electron chi connectivity index (χ4n) is 1.96. The zero-order chi connectivity index (χ0) is 15.0. The van der Waals surface area contributed by atoms with Crippen LogP contribution in [-0.2, 0) is 9.53 Å². The molecule has 2 heteroatoms. The Morgan fingerprint density at radius 3 is 2.50 bits per heavy atom. The van der Waals surface area contributed by atoms with E-state index in [1.54, 1.807) is 6.08 Å². The van der Waals surface area contributed by atoms with E-state index < -0.39 is 11.7 Å². The second kappa shape index (κ2) is 7.81. The smallest absolute Gasteiger partial charge is 0.153 e. The van der Waals surface area contributed by atoms with Crippen LogP contribution in [0.25, 0.3) is 0 Å². The van der Waals surface area contributed by atoms with Gasteiger partial charge in [-0.15, -0.1) is 6.58 Å². The van der Waals surface area contributed by atoms with Gasteiger partial charge in [0, 0.05) is 0 Å². The first-order valence-corrected chi connectivity index (χ1v) is 6.96. The molecule has 0 aromatic heterocycles. The topological polar surface area (TPSA) is 26.3 Å². The van der Waals surface area contributed by atoms with E-state index in [1.165, 1.54) is 5.57 Å². The van der Waals surface area contributed by atoms with Crippen LogP contribution in [0.3, 0.4) is 0 Å². The molecule has 0 bridgehead atoms. The standard InChI is InChI=1S/C18H24O2/c1-5-18(4,13-9-10-15(2)3)20-17(14-19)16-11-7-6-8-12-16/h5-8,10-12,14,17H,1,9,13H2,2-4H3. The molecule has 1 aromatic carbocycles. The van der Waals surface area contributed by atoms with Crippen molar-refractivity contribution in [1.29, 1.82) is 0 Å². The highest BCUT2D eigenvalue weighted by atomic mass is 16.5. The van der Waals surface area contributed by atoms with Gasteiger partial charge in [-0.1, -0.05) is 48.1 Å². The molecule has 0 aliphatic carbocycles. The van der Waals surface area contributed by atoms with Crippen LogP contribution < -0.4 is 0 Å². The Balaban J connectivity index is 2.76. The first-order chi connectivity index (χ1) is 9.50. The largest absolute Gasteiger partial charge is 0.356 e. The van der Waals surface area contributed by atoms with Gasteiger partial charge >= 0.3 is 0 Å². The van der Waals surface area contributed by atoms with E-state index >= 15 is 0 Å². The molecule has 1 aromatic rings. The maximum absolute atomic E-state index is 11.3. The van der Waals surface area contributed by atoms with Crippen molar-refractivity contribution in [2.75, 3.05) is 0 Å². The summed E-state index contributed by atoms with van der Waals surface area (Å²) in [5.41, 5.74) is 1.65. The molecular formula is C18H24O2. The van der Waals surface area contributed by atoms with Gasteiger partial charge < -0.3 is 9.53 Å². The molecule has 20 heavy (non-hydrogen) atoms. The van der Waals surface area contributed by atoms with Crippen molar-refractivity contribution in [1.82, 2.24) is 0 Å². The summed E-state index contributed by atoms with van der Waals surface area (Å²) in [5, 5.41) is 0. The Kier molecular flexibility index (Phi) is 6.40. The number of ether oxygens (including phenoxy) is 1. The fraction of sp³-hybridized carbons (Fsp3) is 0.389. The summed E-state index contributed by atoms with van der Waals surface area (Å²) in [6.45, 7) is 9.97. The van der Waals surface area contributed by atoms with E-state index in [2.05, 4.69) is 26.5 Å². The molecule has 108 valence electrons. The number of benzene rings is 1. The predicted octanol–water partition coefficient (Wildman–Crippen LogP) is 4.63. The molecule has 1 rings (SSSR count). The van der Waals surface area contributed by atoms with E-state index in [0.29, 0.717) is 0 Å². The van der Waals surface area contributed by atoms with Crippen molar-refractivity contribution in [3.05, 3.63) is 60.2 Å². The van der Waals surface area contributed by atoms with E-state index in [1.807, 2.05) is 37.3 Å². The first kappa shape index (κ1) is 16.4. The minimum atomic E-state index is -0.550. The second-order valence-corrected chi connectivity index (χ2v) is 5.42. The van der Waals surface area contributed by atoms with Crippen LogP contribution in [0.5, 0.6) is 0 Å². The molecule has 0 radical (unpaired) electrons. The summed E-state index contributed by atoms with van der Waals surface area (Å²) in [7, 11) is 0. The molecule has 0 fully saturated rings. The lowest BCUT2D eigenvalue weighted by atomic mass is 9.98. The maximum Gasteiger partial charge on any atom is 0.153 e. The first-order valence-electron chi connectivity index (χ1n) is 6.96. The third-order valence-electron chi connectivity index (χ3n) is 3.27. The van der Waals surface area contributed by atoms with E-state index in [9.17, 15) is 4.79 Å². The lowest BCUT2D eigenvalue weighted by molar-refractivity contribution is -0.127. The summed E-state index contributed by atoms with van der Waals surface area (Å²) in [4.78, 5) is 11.3. The molecule has 0 spiro atoms. The van der Waals surface area contributed by atoms with Gasteiger partial charge in [0.1, 0.15) is 6.10 Å². The van der Waals surface area contributed by atoms with Crippen molar-refractivity contribution >= 4 is 6.29 Å². The average molecular weight is 272 g/mol. The molecule has 2 atom stereocenters. The number of rotatable bonds is 8. The highest BCUT2D eigenvalue weighted by Gasteiger charge is 2.25. The molecule has 0 saturated heterocycles. The van der Waals surface area contributed by atoms with Crippen LogP contribution in [0.15, 0.2) is 54.6 Å². The summed E-state index contributed by atoms with van der Waals surface area (Å²) in [6.07, 6.45) is 5.96. The van der Waals surface area contributed by atoms with Crippen molar-refractivity contribution < 1.29 is 9.53 Å². The summed E-state index contributed by atoms with van der Waals surface area (Å²) >= 11 is 0. The van der Waals surface area contributed by atoms with Gasteiger partial charge in [0.25, 0.3) is 0 Å². The maximum atomic E-state index is 11.3. The molecule has 0 amide bonds. The van der Waals surface area contributed by atoms with E-state index in [4.69, 9.17) is 4.74 Å². The van der Waals surface area contributed by atoms with Crippen LogP contribution in [0.2, 0.25) is 0 Å². The Bertz CT molecular complexity index is 458. The van der Waals surface area contributed by atoms with Crippen LogP contribution in [0.4, 0.5) is 0 Å². The monoisotopic (exact) mass is 272 g/mol. The quantitative estimate of drug-likeness (QED) is 0.509. The number of carbonyl (C=O) groups excluding carboxylic acids is 1. The van der Waals surface area contributed by atoms with Crippen LogP contribution >= 0.6 is 0 Å². The van der Waals surface area contributed by atoms with Crippen LogP contribution in [0, 0.1) is 0 Å². The van der Waals surface area contributed by atoms with Gasteiger partial charge in [-0.3, -0.25) is 0 Å². The van der Waals surface area contributed by atoms with Gasteiger partial charge in [-0.05, 0) is 39.2 Å². The fourth-order valence-corrected chi connectivity index (χ4v) is 1.96. The highest BCUT2D eigenvalue weighted by Crippen LogP contribution is 2.27. The van der Waals surface area contributed by atoms with Gasteiger partial charge in [0.15, 0.2) is 6.29 Å². The number of aldehydes is 1. The lowest BCUT2D eigenvalue weighted by Crippen LogP contribution is -2.28. The number of hydrogen-bond acceptors (Lipinski definition) is 2. The molecule has 0 heterocycles. The Hall–Kier alpha value is -1.67. The van der Waals surface area contributed by atoms with Crippen LogP contribution in [0.1, 0.15) is 45.3 Å². The average Bonchev–Trinajstić information content (AvgIpc) is 2.45. The SMILES string of the molecule is C=CC(C)(CCC=C(C)C)OC(C=O)c1ccccc1. The number of allylic oxidation sites excluding steroid dienone is 2. The zero-order valence-corrected chi connectivity index (χ0v) is 12.6. The minimum Gasteiger partial charge on any atom is -0.356 e. The van der Waals surface area contributed by atoms with Crippen molar-refractivity contribution in [3.8, 4) is 0 Å². The molecule has 0 saturated carbocycles. The third-order valence-corrected chi connectivity index (χ3v) is 3.27. The van der Waals surface area contributed by atoms with E-state index in [-0.39, 0.29) is 0 Å². The molecule has 2 unspecified atom stereocenters.